The third-order valence-corrected chi connectivity index (χ3v) is 3.75. The summed E-state index contributed by atoms with van der Waals surface area (Å²) < 4.78 is 11.1. The van der Waals surface area contributed by atoms with Gasteiger partial charge in [0.2, 0.25) is 0 Å². The number of rotatable bonds is 6. The predicted octanol–water partition coefficient (Wildman–Crippen LogP) is 4.86. The standard InChI is InChI=1S/C20H16ClNO4/c21-14-7-1-4-10-17(14)26-18-11-5-2-8-15(18)22-20(24)13-25-19-12-6-3-9-16(19)23/h1-12,23H,13H2,(H,22,24). The number of halogens is 1. The van der Waals surface area contributed by atoms with Gasteiger partial charge in [0.05, 0.1) is 10.7 Å². The first-order valence-electron chi connectivity index (χ1n) is 7.85. The molecule has 2 N–H and O–H groups in total. The Morgan fingerprint density at radius 3 is 2.23 bits per heavy atom. The van der Waals surface area contributed by atoms with Crippen molar-refractivity contribution in [1.29, 1.82) is 0 Å². The number of phenolic OH excluding ortho intramolecular Hbond substituents is 1. The van der Waals surface area contributed by atoms with Crippen molar-refractivity contribution in [3.8, 4) is 23.0 Å². The van der Waals surface area contributed by atoms with Crippen LogP contribution in [0.4, 0.5) is 5.69 Å². The largest absolute Gasteiger partial charge is 0.504 e. The average molecular weight is 370 g/mol. The molecule has 0 atom stereocenters. The monoisotopic (exact) mass is 369 g/mol. The van der Waals surface area contributed by atoms with Crippen molar-refractivity contribution < 1.29 is 19.4 Å². The van der Waals surface area contributed by atoms with Crippen molar-refractivity contribution in [2.75, 3.05) is 11.9 Å². The highest BCUT2D eigenvalue weighted by molar-refractivity contribution is 6.32. The fourth-order valence-electron chi connectivity index (χ4n) is 2.21. The van der Waals surface area contributed by atoms with E-state index in [0.29, 0.717) is 22.2 Å². The zero-order chi connectivity index (χ0) is 18.4. The van der Waals surface area contributed by atoms with Gasteiger partial charge in [0.25, 0.3) is 5.91 Å². The quantitative estimate of drug-likeness (QED) is 0.651. The van der Waals surface area contributed by atoms with E-state index in [1.807, 2.05) is 6.07 Å². The minimum Gasteiger partial charge on any atom is -0.504 e. The fourth-order valence-corrected chi connectivity index (χ4v) is 2.39. The van der Waals surface area contributed by atoms with E-state index in [4.69, 9.17) is 21.1 Å². The summed E-state index contributed by atoms with van der Waals surface area (Å²) in [5, 5.41) is 12.9. The summed E-state index contributed by atoms with van der Waals surface area (Å²) in [7, 11) is 0. The molecule has 0 fully saturated rings. The molecule has 0 aliphatic rings. The maximum Gasteiger partial charge on any atom is 0.262 e. The lowest BCUT2D eigenvalue weighted by molar-refractivity contribution is -0.118. The highest BCUT2D eigenvalue weighted by Crippen LogP contribution is 2.33. The molecule has 0 aliphatic heterocycles. The summed E-state index contributed by atoms with van der Waals surface area (Å²) in [4.78, 5) is 12.2. The highest BCUT2D eigenvalue weighted by Gasteiger charge is 2.11. The number of aromatic hydroxyl groups is 1. The molecule has 26 heavy (non-hydrogen) atoms. The molecule has 6 heteroatoms. The van der Waals surface area contributed by atoms with Crippen LogP contribution in [0.2, 0.25) is 5.02 Å². The Balaban J connectivity index is 1.67. The molecule has 0 spiro atoms. The minimum absolute atomic E-state index is 0.0252. The van der Waals surface area contributed by atoms with E-state index in [2.05, 4.69) is 5.32 Å². The maximum absolute atomic E-state index is 12.2. The van der Waals surface area contributed by atoms with E-state index in [1.165, 1.54) is 6.07 Å². The molecule has 0 bridgehead atoms. The van der Waals surface area contributed by atoms with Gasteiger partial charge in [0, 0.05) is 0 Å². The Morgan fingerprint density at radius 2 is 1.50 bits per heavy atom. The lowest BCUT2D eigenvalue weighted by atomic mass is 10.3. The molecular weight excluding hydrogens is 354 g/mol. The van der Waals surface area contributed by atoms with Gasteiger partial charge in [0.1, 0.15) is 5.75 Å². The summed E-state index contributed by atoms with van der Waals surface area (Å²) in [6, 6.07) is 20.5. The first-order chi connectivity index (χ1) is 12.6. The smallest absolute Gasteiger partial charge is 0.262 e. The molecule has 0 aromatic heterocycles. The fraction of sp³-hybridized carbons (Fsp3) is 0.0500. The van der Waals surface area contributed by atoms with Crippen molar-refractivity contribution in [2.45, 2.75) is 0 Å². The molecule has 5 nitrogen and oxygen atoms in total. The first kappa shape index (κ1) is 17.6. The maximum atomic E-state index is 12.2. The number of hydrogen-bond donors (Lipinski definition) is 2. The minimum atomic E-state index is -0.386. The number of amides is 1. The molecule has 1 amide bonds. The van der Waals surface area contributed by atoms with Gasteiger partial charge in [-0.15, -0.1) is 0 Å². The molecule has 0 unspecified atom stereocenters. The van der Waals surface area contributed by atoms with Crippen LogP contribution < -0.4 is 14.8 Å². The van der Waals surface area contributed by atoms with E-state index in [1.54, 1.807) is 60.7 Å². The van der Waals surface area contributed by atoms with Crippen molar-refractivity contribution in [3.63, 3.8) is 0 Å². The van der Waals surface area contributed by atoms with Crippen molar-refractivity contribution in [3.05, 3.63) is 77.8 Å². The van der Waals surface area contributed by atoms with Gasteiger partial charge in [-0.25, -0.2) is 0 Å². The molecule has 0 aliphatic carbocycles. The number of hydrogen-bond acceptors (Lipinski definition) is 4. The third kappa shape index (κ3) is 4.46. The van der Waals surface area contributed by atoms with Crippen LogP contribution in [0.25, 0.3) is 0 Å². The molecule has 0 radical (unpaired) electrons. The number of phenols is 1. The van der Waals surface area contributed by atoms with E-state index >= 15 is 0 Å². The van der Waals surface area contributed by atoms with Gasteiger partial charge in [0.15, 0.2) is 23.9 Å². The third-order valence-electron chi connectivity index (χ3n) is 3.44. The SMILES string of the molecule is O=C(COc1ccccc1O)Nc1ccccc1Oc1ccccc1Cl. The van der Waals surface area contributed by atoms with E-state index in [9.17, 15) is 9.90 Å². The molecule has 3 rings (SSSR count). The van der Waals surface area contributed by atoms with Crippen molar-refractivity contribution >= 4 is 23.2 Å². The van der Waals surface area contributed by atoms with Gasteiger partial charge in [-0.1, -0.05) is 48.0 Å². The van der Waals surface area contributed by atoms with Crippen molar-refractivity contribution in [2.24, 2.45) is 0 Å². The van der Waals surface area contributed by atoms with Gasteiger partial charge in [-0.2, -0.15) is 0 Å². The Labute approximate surface area is 155 Å². The first-order valence-corrected chi connectivity index (χ1v) is 8.23. The van der Waals surface area contributed by atoms with Crippen molar-refractivity contribution in [1.82, 2.24) is 0 Å². The lowest BCUT2D eigenvalue weighted by Gasteiger charge is -2.13. The molecule has 3 aromatic carbocycles. The van der Waals surface area contributed by atoms with Gasteiger partial charge in [-0.05, 0) is 36.4 Å². The summed E-state index contributed by atoms with van der Waals surface area (Å²) in [5.74, 6) is 0.771. The van der Waals surface area contributed by atoms with E-state index in [-0.39, 0.29) is 24.0 Å². The zero-order valence-corrected chi connectivity index (χ0v) is 14.4. The Morgan fingerprint density at radius 1 is 0.885 bits per heavy atom. The summed E-state index contributed by atoms with van der Waals surface area (Å²) in [6.45, 7) is -0.252. The number of benzene rings is 3. The molecule has 0 saturated carbocycles. The summed E-state index contributed by atoms with van der Waals surface area (Å²) in [5.41, 5.74) is 0.485. The van der Waals surface area contributed by atoms with Gasteiger partial charge < -0.3 is 19.9 Å². The Bertz CT molecular complexity index is 914. The second-order valence-electron chi connectivity index (χ2n) is 5.33. The second kappa shape index (κ2) is 8.27. The number of nitrogens with one attached hydrogen (secondary N) is 1. The molecule has 132 valence electrons. The van der Waals surface area contributed by atoms with Gasteiger partial charge >= 0.3 is 0 Å². The molecule has 3 aromatic rings. The van der Waals surface area contributed by atoms with Crippen LogP contribution in [0.1, 0.15) is 0 Å². The zero-order valence-electron chi connectivity index (χ0n) is 13.7. The number of carbonyl (C=O) groups excluding carboxylic acids is 1. The van der Waals surface area contributed by atoms with Crippen LogP contribution in [0, 0.1) is 0 Å². The van der Waals surface area contributed by atoms with E-state index in [0.717, 1.165) is 0 Å². The Hall–Kier alpha value is -3.18. The van der Waals surface area contributed by atoms with Crippen LogP contribution in [-0.4, -0.2) is 17.6 Å². The predicted molar refractivity (Wildman–Crippen MR) is 100 cm³/mol. The molecular formula is C20H16ClNO4. The van der Waals surface area contributed by atoms with Crippen LogP contribution in [0.3, 0.4) is 0 Å². The average Bonchev–Trinajstić information content (AvgIpc) is 2.64. The van der Waals surface area contributed by atoms with Crippen LogP contribution >= 0.6 is 11.6 Å². The number of carbonyl (C=O) groups is 1. The number of anilines is 1. The van der Waals surface area contributed by atoms with Gasteiger partial charge in [-0.3, -0.25) is 4.79 Å². The number of ether oxygens (including phenoxy) is 2. The second-order valence-corrected chi connectivity index (χ2v) is 5.74. The van der Waals surface area contributed by atoms with Crippen LogP contribution in [-0.2, 0) is 4.79 Å². The Kier molecular flexibility index (Phi) is 5.61. The topological polar surface area (TPSA) is 67.8 Å². The van der Waals surface area contributed by atoms with E-state index < -0.39 is 0 Å². The summed E-state index contributed by atoms with van der Waals surface area (Å²) in [6.07, 6.45) is 0. The highest BCUT2D eigenvalue weighted by atomic mass is 35.5. The molecule has 0 saturated heterocycles. The summed E-state index contributed by atoms with van der Waals surface area (Å²) >= 11 is 6.11. The van der Waals surface area contributed by atoms with Crippen LogP contribution in [0.5, 0.6) is 23.0 Å². The normalized spacial score (nSPS) is 10.2. The number of para-hydroxylation sites is 5. The lowest BCUT2D eigenvalue weighted by Crippen LogP contribution is -2.20. The van der Waals surface area contributed by atoms with Crippen LogP contribution in [0.15, 0.2) is 72.8 Å². The molecule has 0 heterocycles.